The van der Waals surface area contributed by atoms with Gasteiger partial charge in [0.15, 0.2) is 11.8 Å². The molecule has 9 heteroatoms. The highest BCUT2D eigenvalue weighted by molar-refractivity contribution is 6.77. The van der Waals surface area contributed by atoms with Crippen LogP contribution in [0.1, 0.15) is 73.5 Å². The number of epoxide rings is 1. The largest absolute Gasteiger partial charge is 0.467 e. The number of ketones is 1. The number of aliphatic hydroxyl groups excluding tert-OH is 1. The molecule has 6 atom stereocenters. The first-order chi connectivity index (χ1) is 18.3. The molecular formula is C30H43NO7Si. The molecule has 39 heavy (non-hydrogen) atoms. The van der Waals surface area contributed by atoms with Gasteiger partial charge in [0.1, 0.15) is 24.1 Å². The lowest BCUT2D eigenvalue weighted by atomic mass is 9.84. The van der Waals surface area contributed by atoms with Crippen LogP contribution in [0.2, 0.25) is 16.6 Å². The van der Waals surface area contributed by atoms with E-state index in [1.165, 1.54) is 0 Å². The van der Waals surface area contributed by atoms with Crippen molar-refractivity contribution < 1.29 is 33.7 Å². The minimum atomic E-state index is -2.82. The summed E-state index contributed by atoms with van der Waals surface area (Å²) >= 11 is 0. The summed E-state index contributed by atoms with van der Waals surface area (Å²) in [4.78, 5) is 28.0. The molecule has 8 nitrogen and oxygen atoms in total. The van der Waals surface area contributed by atoms with Crippen molar-refractivity contribution in [2.45, 2.75) is 114 Å². The molecule has 3 aliphatic rings. The third kappa shape index (κ3) is 4.52. The van der Waals surface area contributed by atoms with Gasteiger partial charge in [-0.25, -0.2) is 0 Å². The van der Waals surface area contributed by atoms with Gasteiger partial charge < -0.3 is 29.4 Å². The van der Waals surface area contributed by atoms with Gasteiger partial charge in [0.05, 0.1) is 0 Å². The fraction of sp³-hybridized carbons (Fsp3) is 0.600. The minimum Gasteiger partial charge on any atom is -0.467 e. The van der Waals surface area contributed by atoms with Crippen LogP contribution < -0.4 is 5.32 Å². The highest BCUT2D eigenvalue weighted by atomic mass is 28.4. The van der Waals surface area contributed by atoms with Crippen LogP contribution in [0.4, 0.5) is 0 Å². The van der Waals surface area contributed by atoms with E-state index in [2.05, 4.69) is 46.9 Å². The zero-order valence-electron chi connectivity index (χ0n) is 24.2. The predicted molar refractivity (Wildman–Crippen MR) is 150 cm³/mol. The van der Waals surface area contributed by atoms with Gasteiger partial charge in [-0.15, -0.1) is 0 Å². The van der Waals surface area contributed by atoms with Gasteiger partial charge in [-0.2, -0.15) is 0 Å². The first kappa shape index (κ1) is 29.7. The molecule has 214 valence electrons. The average Bonchev–Trinajstić information content (AvgIpc) is 3.56. The molecule has 0 saturated carbocycles. The number of benzene rings is 1. The van der Waals surface area contributed by atoms with Gasteiger partial charge >= 0.3 is 0 Å². The number of aliphatic hydroxyl groups is 2. The summed E-state index contributed by atoms with van der Waals surface area (Å²) in [6.45, 7) is 16.1. The number of rotatable bonds is 10. The van der Waals surface area contributed by atoms with Crippen LogP contribution in [0.25, 0.3) is 0 Å². The summed E-state index contributed by atoms with van der Waals surface area (Å²) in [5, 5.41) is 26.3. The van der Waals surface area contributed by atoms with Crippen molar-refractivity contribution in [1.82, 2.24) is 5.32 Å². The van der Waals surface area contributed by atoms with Crippen molar-refractivity contribution in [3.05, 3.63) is 59.4 Å². The minimum absolute atomic E-state index is 0.0729. The van der Waals surface area contributed by atoms with Gasteiger partial charge in [0, 0.05) is 5.57 Å². The summed E-state index contributed by atoms with van der Waals surface area (Å²) in [7, 11) is -2.82. The zero-order chi connectivity index (χ0) is 28.9. The number of nitrogens with one attached hydrogen (secondary N) is 1. The summed E-state index contributed by atoms with van der Waals surface area (Å²) in [6.07, 6.45) is 0.882. The van der Waals surface area contributed by atoms with Gasteiger partial charge in [-0.3, -0.25) is 9.59 Å². The summed E-state index contributed by atoms with van der Waals surface area (Å²) in [6, 6.07) is 8.57. The molecule has 1 spiro atoms. The van der Waals surface area contributed by atoms with Crippen LogP contribution in [-0.4, -0.2) is 59.9 Å². The normalized spacial score (nSPS) is 31.8. The maximum Gasteiger partial charge on any atom is 0.277 e. The van der Waals surface area contributed by atoms with Crippen LogP contribution in [0.15, 0.2) is 53.8 Å². The number of Topliss-reactive ketones (excluding diaryl/α,β-unsaturated/α-hetero) is 1. The maximum absolute atomic E-state index is 14.1. The highest BCUT2D eigenvalue weighted by Crippen LogP contribution is 2.53. The Kier molecular flexibility index (Phi) is 8.06. The number of hydrogen-bond donors (Lipinski definition) is 3. The van der Waals surface area contributed by atoms with Crippen molar-refractivity contribution in [3.63, 3.8) is 0 Å². The molecule has 3 N–H and O–H groups in total. The Balaban J connectivity index is 1.85. The Bertz CT molecular complexity index is 1140. The molecule has 1 amide bonds. The lowest BCUT2D eigenvalue weighted by Gasteiger charge is -2.48. The zero-order valence-corrected chi connectivity index (χ0v) is 25.2. The number of amides is 1. The molecule has 1 aromatic rings. The quantitative estimate of drug-likeness (QED) is 0.168. The average molecular weight is 558 g/mol. The van der Waals surface area contributed by atoms with Gasteiger partial charge in [-0.05, 0) is 35.5 Å². The number of hydrogen-bond acceptors (Lipinski definition) is 7. The summed E-state index contributed by atoms with van der Waals surface area (Å²) < 4.78 is 19.2. The predicted octanol–water partition coefficient (Wildman–Crippen LogP) is 4.44. The van der Waals surface area contributed by atoms with Crippen molar-refractivity contribution in [2.75, 3.05) is 0 Å². The molecule has 2 saturated heterocycles. The van der Waals surface area contributed by atoms with Crippen LogP contribution >= 0.6 is 0 Å². The lowest BCUT2D eigenvalue weighted by molar-refractivity contribution is -0.180. The molecule has 0 aromatic heterocycles. The van der Waals surface area contributed by atoms with E-state index in [9.17, 15) is 19.8 Å². The smallest absolute Gasteiger partial charge is 0.277 e. The Morgan fingerprint density at radius 1 is 1.08 bits per heavy atom. The highest BCUT2D eigenvalue weighted by Gasteiger charge is 2.76. The monoisotopic (exact) mass is 557 g/mol. The number of carbonyl (C=O) groups is 2. The second kappa shape index (κ2) is 10.6. The standard InChI is InChI=1S/C30H43NO7Si/c1-9-10-16-22-24(36-22)23-20(8)25(32)29(37-23)27(38-39(17(2)3,18(4)5)19(6)7)30(35,31-28(29)34)26(33)21-14-12-11-13-15-21/h10-19,22,24,26-27,33,35H,9H2,1-8H3,(H,31,34)/b16-10-/t22-,24-,26?,27+,29+,30+/m0/s1. The van der Waals surface area contributed by atoms with E-state index in [0.717, 1.165) is 6.42 Å². The van der Waals surface area contributed by atoms with Crippen LogP contribution in [0, 0.1) is 0 Å². The van der Waals surface area contributed by atoms with Crippen LogP contribution in [-0.2, 0) is 23.5 Å². The third-order valence-corrected chi connectivity index (χ3v) is 14.7. The molecule has 0 bridgehead atoms. The molecule has 1 aromatic carbocycles. The van der Waals surface area contributed by atoms with Gasteiger partial charge in [0.2, 0.25) is 14.1 Å². The Hall–Kier alpha value is -2.30. The summed E-state index contributed by atoms with van der Waals surface area (Å²) in [5.41, 5.74) is -3.66. The molecule has 1 unspecified atom stereocenters. The second-order valence-electron chi connectivity index (χ2n) is 11.9. The van der Waals surface area contributed by atoms with Crippen molar-refractivity contribution in [1.29, 1.82) is 0 Å². The van der Waals surface area contributed by atoms with Gasteiger partial charge in [0.25, 0.3) is 11.5 Å². The Labute approximate surface area is 232 Å². The Morgan fingerprint density at radius 2 is 1.67 bits per heavy atom. The fourth-order valence-corrected chi connectivity index (χ4v) is 12.3. The van der Waals surface area contributed by atoms with E-state index in [1.54, 1.807) is 37.3 Å². The maximum atomic E-state index is 14.1. The van der Waals surface area contributed by atoms with E-state index in [4.69, 9.17) is 13.9 Å². The van der Waals surface area contributed by atoms with E-state index in [1.807, 2.05) is 19.1 Å². The van der Waals surface area contributed by atoms with Crippen molar-refractivity contribution in [2.24, 2.45) is 0 Å². The van der Waals surface area contributed by atoms with Crippen molar-refractivity contribution in [3.8, 4) is 0 Å². The molecule has 4 rings (SSSR count). The molecule has 2 fully saturated rings. The lowest BCUT2D eigenvalue weighted by Crippen LogP contribution is -2.65. The summed E-state index contributed by atoms with van der Waals surface area (Å²) in [5.74, 6) is -1.13. The fourth-order valence-electron chi connectivity index (χ4n) is 6.69. The SMILES string of the molecule is CC/C=C\[C@@H]1O[C@@H]1C1=C(C)C(=O)[C@]2(O1)C(=O)N[C@@](O)(C(O)c1ccccc1)[C@@H]2O[Si](C(C)C)(C(C)C)C(C)C. The first-order valence-electron chi connectivity index (χ1n) is 14.0. The number of allylic oxidation sites excluding steroid dienone is 1. The molecule has 3 aliphatic heterocycles. The second-order valence-corrected chi connectivity index (χ2v) is 17.3. The Morgan fingerprint density at radius 3 is 2.21 bits per heavy atom. The first-order valence-corrected chi connectivity index (χ1v) is 16.1. The van der Waals surface area contributed by atoms with E-state index in [0.29, 0.717) is 5.56 Å². The van der Waals surface area contributed by atoms with Gasteiger partial charge in [-0.1, -0.05) is 91.0 Å². The topological polar surface area (TPSA) is 118 Å². The van der Waals surface area contributed by atoms with E-state index < -0.39 is 49.6 Å². The molecular weight excluding hydrogens is 514 g/mol. The number of ether oxygens (including phenoxy) is 2. The third-order valence-electron chi connectivity index (χ3n) is 8.65. The molecule has 0 aliphatic carbocycles. The molecule has 0 radical (unpaired) electrons. The van der Waals surface area contributed by atoms with Crippen LogP contribution in [0.3, 0.4) is 0 Å². The molecule has 3 heterocycles. The number of carbonyl (C=O) groups excluding carboxylic acids is 2. The van der Waals surface area contributed by atoms with Crippen LogP contribution in [0.5, 0.6) is 0 Å². The van der Waals surface area contributed by atoms with Crippen molar-refractivity contribution >= 4 is 20.0 Å². The van der Waals surface area contributed by atoms with E-state index in [-0.39, 0.29) is 34.1 Å². The van der Waals surface area contributed by atoms with E-state index >= 15 is 0 Å².